The summed E-state index contributed by atoms with van der Waals surface area (Å²) in [5, 5.41) is 0. The van der Waals surface area contributed by atoms with Crippen molar-refractivity contribution in [2.45, 2.75) is 26.2 Å². The van der Waals surface area contributed by atoms with Crippen LogP contribution in [0.5, 0.6) is 0 Å². The zero-order chi connectivity index (χ0) is 15.0. The Balaban J connectivity index is 1.98. The quantitative estimate of drug-likeness (QED) is 0.768. The lowest BCUT2D eigenvalue weighted by molar-refractivity contribution is 0.747. The van der Waals surface area contributed by atoms with Crippen LogP contribution in [0.25, 0.3) is 5.65 Å². The van der Waals surface area contributed by atoms with Gasteiger partial charge in [-0.15, -0.1) is 0 Å². The number of hydrogen-bond acceptors (Lipinski definition) is 2. The van der Waals surface area contributed by atoms with Gasteiger partial charge in [-0.2, -0.15) is 0 Å². The zero-order valence-corrected chi connectivity index (χ0v) is 13.8. The van der Waals surface area contributed by atoms with E-state index in [1.165, 1.54) is 5.56 Å². The Labute approximate surface area is 132 Å². The molecule has 0 saturated heterocycles. The summed E-state index contributed by atoms with van der Waals surface area (Å²) in [6, 6.07) is 14.5. The molecule has 21 heavy (non-hydrogen) atoms. The molecular formula is C17H18BrN3. The van der Waals surface area contributed by atoms with Crippen molar-refractivity contribution in [2.75, 3.05) is 5.73 Å². The van der Waals surface area contributed by atoms with Crippen LogP contribution >= 0.6 is 15.9 Å². The molecule has 3 aromatic rings. The lowest BCUT2D eigenvalue weighted by Crippen LogP contribution is -2.03. The Morgan fingerprint density at radius 2 is 1.90 bits per heavy atom. The summed E-state index contributed by atoms with van der Waals surface area (Å²) in [5.41, 5.74) is 10.6. The van der Waals surface area contributed by atoms with Crippen molar-refractivity contribution in [1.82, 2.24) is 9.38 Å². The topological polar surface area (TPSA) is 43.3 Å². The number of anilines is 1. The fourth-order valence-corrected chi connectivity index (χ4v) is 2.99. The van der Waals surface area contributed by atoms with Gasteiger partial charge < -0.3 is 5.73 Å². The maximum Gasteiger partial charge on any atom is 0.138 e. The molecule has 0 saturated carbocycles. The fraction of sp³-hybridized carbons (Fsp3) is 0.235. The lowest BCUT2D eigenvalue weighted by Gasteiger charge is -2.10. The smallest absolute Gasteiger partial charge is 0.138 e. The highest BCUT2D eigenvalue weighted by molar-refractivity contribution is 9.10. The number of nitrogen functional groups attached to an aromatic ring is 1. The monoisotopic (exact) mass is 343 g/mol. The van der Waals surface area contributed by atoms with Crippen molar-refractivity contribution in [1.29, 1.82) is 0 Å². The Kier molecular flexibility index (Phi) is 3.72. The Bertz CT molecular complexity index is 778. The predicted molar refractivity (Wildman–Crippen MR) is 90.6 cm³/mol. The lowest BCUT2D eigenvalue weighted by atomic mass is 9.96. The molecule has 0 amide bonds. The molecule has 0 radical (unpaired) electrons. The first-order valence-electron chi connectivity index (χ1n) is 7.04. The van der Waals surface area contributed by atoms with Gasteiger partial charge in [0.2, 0.25) is 0 Å². The second kappa shape index (κ2) is 5.53. The summed E-state index contributed by atoms with van der Waals surface area (Å²) >= 11 is 3.54. The normalized spacial score (nSPS) is 12.7. The summed E-state index contributed by atoms with van der Waals surface area (Å²) in [5.74, 6) is 1.13. The summed E-state index contributed by atoms with van der Waals surface area (Å²) in [4.78, 5) is 4.70. The summed E-state index contributed by atoms with van der Waals surface area (Å²) < 4.78 is 3.05. The first kappa shape index (κ1) is 14.1. The van der Waals surface area contributed by atoms with Crippen LogP contribution in [0.3, 0.4) is 0 Å². The number of benzene rings is 1. The van der Waals surface area contributed by atoms with Gasteiger partial charge in [0.05, 0.1) is 5.69 Å². The summed E-state index contributed by atoms with van der Waals surface area (Å²) in [7, 11) is 0. The molecule has 4 heteroatoms. The fourth-order valence-electron chi connectivity index (χ4n) is 2.68. The molecule has 3 rings (SSSR count). The molecule has 0 aliphatic carbocycles. The van der Waals surface area contributed by atoms with Gasteiger partial charge in [-0.05, 0) is 46.5 Å². The molecule has 1 atom stereocenters. The molecule has 0 spiro atoms. The van der Waals surface area contributed by atoms with Crippen molar-refractivity contribution in [3.8, 4) is 0 Å². The highest BCUT2D eigenvalue weighted by Gasteiger charge is 2.15. The number of nitrogens with two attached hydrogens (primary N) is 1. The highest BCUT2D eigenvalue weighted by atomic mass is 79.9. The molecule has 0 fully saturated rings. The van der Waals surface area contributed by atoms with Gasteiger partial charge in [0, 0.05) is 16.6 Å². The molecule has 0 aliphatic rings. The van der Waals surface area contributed by atoms with E-state index in [0.717, 1.165) is 33.7 Å². The SMILES string of the molecule is Cc1c(Br)ccc2nc(CC(C)c3ccccc3)c(N)n12. The van der Waals surface area contributed by atoms with E-state index < -0.39 is 0 Å². The van der Waals surface area contributed by atoms with E-state index in [-0.39, 0.29) is 0 Å². The molecule has 2 aromatic heterocycles. The highest BCUT2D eigenvalue weighted by Crippen LogP contribution is 2.27. The third kappa shape index (κ3) is 2.56. The van der Waals surface area contributed by atoms with E-state index in [0.29, 0.717) is 5.92 Å². The molecule has 2 heterocycles. The Morgan fingerprint density at radius 3 is 2.62 bits per heavy atom. The third-order valence-electron chi connectivity index (χ3n) is 3.94. The first-order chi connectivity index (χ1) is 10.1. The molecule has 1 aromatic carbocycles. The number of fused-ring (bicyclic) bond motifs is 1. The van der Waals surface area contributed by atoms with Crippen LogP contribution in [0.15, 0.2) is 46.9 Å². The maximum atomic E-state index is 6.31. The van der Waals surface area contributed by atoms with Crippen LogP contribution < -0.4 is 5.73 Å². The van der Waals surface area contributed by atoms with Gasteiger partial charge in [-0.25, -0.2) is 4.98 Å². The van der Waals surface area contributed by atoms with E-state index in [1.807, 2.05) is 29.5 Å². The molecular weight excluding hydrogens is 326 g/mol. The number of aryl methyl sites for hydroxylation is 1. The standard InChI is InChI=1S/C17H18BrN3/c1-11(13-6-4-3-5-7-13)10-15-17(19)21-12(2)14(18)8-9-16(21)20-15/h3-9,11H,10,19H2,1-2H3. The van der Waals surface area contributed by atoms with Crippen LogP contribution in [-0.4, -0.2) is 9.38 Å². The van der Waals surface area contributed by atoms with E-state index in [4.69, 9.17) is 10.7 Å². The van der Waals surface area contributed by atoms with Crippen LogP contribution in [0, 0.1) is 6.92 Å². The average molecular weight is 344 g/mol. The Morgan fingerprint density at radius 1 is 1.19 bits per heavy atom. The second-order valence-electron chi connectivity index (χ2n) is 5.42. The van der Waals surface area contributed by atoms with Gasteiger partial charge in [-0.3, -0.25) is 4.40 Å². The third-order valence-corrected chi connectivity index (χ3v) is 4.78. The predicted octanol–water partition coefficient (Wildman–Crippen LogP) is 4.33. The van der Waals surface area contributed by atoms with Crippen LogP contribution in [0.2, 0.25) is 0 Å². The minimum absolute atomic E-state index is 0.391. The van der Waals surface area contributed by atoms with Gasteiger partial charge in [0.1, 0.15) is 11.5 Å². The summed E-state index contributed by atoms with van der Waals surface area (Å²) in [6.45, 7) is 4.25. The molecule has 108 valence electrons. The van der Waals surface area contributed by atoms with Gasteiger partial charge in [0.15, 0.2) is 0 Å². The van der Waals surface area contributed by atoms with E-state index in [2.05, 4.69) is 47.1 Å². The van der Waals surface area contributed by atoms with Gasteiger partial charge in [-0.1, -0.05) is 37.3 Å². The minimum atomic E-state index is 0.391. The molecule has 0 aliphatic heterocycles. The molecule has 0 bridgehead atoms. The van der Waals surface area contributed by atoms with Crippen molar-refractivity contribution in [2.24, 2.45) is 0 Å². The molecule has 1 unspecified atom stereocenters. The summed E-state index contributed by atoms with van der Waals surface area (Å²) in [6.07, 6.45) is 0.842. The number of halogens is 1. The molecule has 2 N–H and O–H groups in total. The number of imidazole rings is 1. The van der Waals surface area contributed by atoms with E-state index in [1.54, 1.807) is 0 Å². The van der Waals surface area contributed by atoms with Crippen molar-refractivity contribution in [3.63, 3.8) is 0 Å². The number of nitrogens with zero attached hydrogens (tertiary/aromatic N) is 2. The number of aromatic nitrogens is 2. The van der Waals surface area contributed by atoms with Gasteiger partial charge >= 0.3 is 0 Å². The van der Waals surface area contributed by atoms with Crippen LogP contribution in [-0.2, 0) is 6.42 Å². The number of hydrogen-bond donors (Lipinski definition) is 1. The van der Waals surface area contributed by atoms with E-state index >= 15 is 0 Å². The molecule has 3 nitrogen and oxygen atoms in total. The maximum absolute atomic E-state index is 6.31. The number of rotatable bonds is 3. The van der Waals surface area contributed by atoms with Crippen molar-refractivity contribution >= 4 is 27.4 Å². The van der Waals surface area contributed by atoms with Crippen molar-refractivity contribution < 1.29 is 0 Å². The van der Waals surface area contributed by atoms with Crippen molar-refractivity contribution in [3.05, 3.63) is 63.9 Å². The van der Waals surface area contributed by atoms with Gasteiger partial charge in [0.25, 0.3) is 0 Å². The van der Waals surface area contributed by atoms with Crippen LogP contribution in [0.4, 0.5) is 5.82 Å². The number of pyridine rings is 1. The van der Waals surface area contributed by atoms with Crippen LogP contribution in [0.1, 0.15) is 29.8 Å². The minimum Gasteiger partial charge on any atom is -0.383 e. The zero-order valence-electron chi connectivity index (χ0n) is 12.2. The largest absolute Gasteiger partial charge is 0.383 e. The first-order valence-corrected chi connectivity index (χ1v) is 7.84. The van der Waals surface area contributed by atoms with E-state index in [9.17, 15) is 0 Å². The second-order valence-corrected chi connectivity index (χ2v) is 6.27. The Hall–Kier alpha value is -1.81. The average Bonchev–Trinajstić information content (AvgIpc) is 2.81.